The first-order valence-electron chi connectivity index (χ1n) is 6.36. The maximum atomic E-state index is 12.7. The molecule has 0 bridgehead atoms. The number of carbonyl (C=O) groups is 2. The molecule has 1 aromatic rings. The minimum atomic E-state index is -4.43. The van der Waals surface area contributed by atoms with Gasteiger partial charge in [-0.05, 0) is 31.5 Å². The third-order valence-corrected chi connectivity index (χ3v) is 3.24. The van der Waals surface area contributed by atoms with Gasteiger partial charge in [0.05, 0.1) is 12.1 Å². The highest BCUT2D eigenvalue weighted by Crippen LogP contribution is 2.30. The summed E-state index contributed by atoms with van der Waals surface area (Å²) in [6, 6.07) is 4.75. The Morgan fingerprint density at radius 2 is 1.95 bits per heavy atom. The first kappa shape index (κ1) is 15.3. The Bertz CT molecular complexity index is 582. The van der Waals surface area contributed by atoms with Crippen LogP contribution in [0.2, 0.25) is 0 Å². The zero-order valence-corrected chi connectivity index (χ0v) is 11.6. The number of hydrogen-bond donors (Lipinski definition) is 1. The molecule has 7 heteroatoms. The summed E-state index contributed by atoms with van der Waals surface area (Å²) in [5.41, 5.74) is -1.48. The summed E-state index contributed by atoms with van der Waals surface area (Å²) in [6.45, 7) is 2.94. The fourth-order valence-electron chi connectivity index (χ4n) is 2.28. The molecule has 2 amide bonds. The third kappa shape index (κ3) is 3.34. The van der Waals surface area contributed by atoms with Crippen molar-refractivity contribution in [3.05, 3.63) is 35.4 Å². The monoisotopic (exact) mass is 300 g/mol. The van der Waals surface area contributed by atoms with Crippen LogP contribution in [0.15, 0.2) is 24.3 Å². The second kappa shape index (κ2) is 5.05. The molecule has 0 spiro atoms. The summed E-state index contributed by atoms with van der Waals surface area (Å²) < 4.78 is 38.0. The third-order valence-electron chi connectivity index (χ3n) is 3.24. The van der Waals surface area contributed by atoms with Crippen molar-refractivity contribution in [2.24, 2.45) is 0 Å². The molecule has 1 aliphatic rings. The van der Waals surface area contributed by atoms with E-state index >= 15 is 0 Å². The van der Waals surface area contributed by atoms with Crippen molar-refractivity contribution >= 4 is 11.8 Å². The number of nitrogens with zero attached hydrogens (tertiary/aromatic N) is 1. The van der Waals surface area contributed by atoms with Gasteiger partial charge in [0.1, 0.15) is 5.54 Å². The molecule has 0 aromatic heterocycles. The Morgan fingerprint density at radius 3 is 2.57 bits per heavy atom. The van der Waals surface area contributed by atoms with Gasteiger partial charge in [0, 0.05) is 6.54 Å². The van der Waals surface area contributed by atoms with E-state index in [1.165, 1.54) is 17.0 Å². The largest absolute Gasteiger partial charge is 0.416 e. The molecule has 0 radical (unpaired) electrons. The molecule has 0 aliphatic carbocycles. The van der Waals surface area contributed by atoms with Crippen LogP contribution in [-0.2, 0) is 22.3 Å². The number of benzene rings is 1. The number of halogens is 3. The molecule has 1 fully saturated rings. The van der Waals surface area contributed by atoms with E-state index in [0.717, 1.165) is 12.1 Å². The highest BCUT2D eigenvalue weighted by Gasteiger charge is 2.39. The topological polar surface area (TPSA) is 49.4 Å². The van der Waals surface area contributed by atoms with Gasteiger partial charge in [0.25, 0.3) is 0 Å². The van der Waals surface area contributed by atoms with E-state index in [1.54, 1.807) is 13.8 Å². The normalized spacial score (nSPS) is 18.6. The molecule has 0 atom stereocenters. The van der Waals surface area contributed by atoms with Gasteiger partial charge in [-0.2, -0.15) is 13.2 Å². The van der Waals surface area contributed by atoms with Crippen LogP contribution >= 0.6 is 0 Å². The molecule has 21 heavy (non-hydrogen) atoms. The van der Waals surface area contributed by atoms with Gasteiger partial charge in [-0.25, -0.2) is 0 Å². The first-order valence-corrected chi connectivity index (χ1v) is 6.36. The molecule has 114 valence electrons. The molecule has 1 saturated heterocycles. The lowest BCUT2D eigenvalue weighted by Crippen LogP contribution is -2.63. The Labute approximate surface area is 119 Å². The van der Waals surface area contributed by atoms with E-state index in [4.69, 9.17) is 0 Å². The highest BCUT2D eigenvalue weighted by molar-refractivity contribution is 5.97. The Kier molecular flexibility index (Phi) is 3.69. The van der Waals surface area contributed by atoms with Crippen molar-refractivity contribution in [1.29, 1.82) is 0 Å². The zero-order chi connectivity index (χ0) is 15.8. The molecule has 1 aliphatic heterocycles. The van der Waals surface area contributed by atoms with Gasteiger partial charge in [-0.3, -0.25) is 9.59 Å². The van der Waals surface area contributed by atoms with E-state index in [9.17, 15) is 22.8 Å². The predicted molar refractivity (Wildman–Crippen MR) is 69.1 cm³/mol. The van der Waals surface area contributed by atoms with Crippen molar-refractivity contribution in [1.82, 2.24) is 10.2 Å². The second-order valence-corrected chi connectivity index (χ2v) is 5.53. The van der Waals surface area contributed by atoms with Crippen molar-refractivity contribution in [3.63, 3.8) is 0 Å². The van der Waals surface area contributed by atoms with Crippen LogP contribution in [0, 0.1) is 0 Å². The van der Waals surface area contributed by atoms with Gasteiger partial charge in [-0.15, -0.1) is 0 Å². The van der Waals surface area contributed by atoms with Crippen molar-refractivity contribution in [3.8, 4) is 0 Å². The van der Waals surface area contributed by atoms with Crippen LogP contribution in [-0.4, -0.2) is 28.8 Å². The van der Waals surface area contributed by atoms with Crippen LogP contribution in [0.4, 0.5) is 13.2 Å². The number of carbonyl (C=O) groups excluding carboxylic acids is 2. The van der Waals surface area contributed by atoms with Crippen LogP contribution in [0.5, 0.6) is 0 Å². The molecular weight excluding hydrogens is 285 g/mol. The smallest absolute Gasteiger partial charge is 0.341 e. The van der Waals surface area contributed by atoms with E-state index in [1.807, 2.05) is 0 Å². The second-order valence-electron chi connectivity index (χ2n) is 5.53. The average molecular weight is 300 g/mol. The lowest BCUT2D eigenvalue weighted by molar-refractivity contribution is -0.149. The standard InChI is InChI=1S/C14H15F3N2O2/c1-13(2)12(21)19(8-11(20)18-13)7-9-4-3-5-10(6-9)14(15,16)17/h3-6H,7-8H2,1-2H3,(H,18,20). The number of hydrogen-bond acceptors (Lipinski definition) is 2. The number of piperazine rings is 1. The maximum absolute atomic E-state index is 12.7. The summed E-state index contributed by atoms with van der Waals surface area (Å²) in [5, 5.41) is 2.55. The number of alkyl halides is 3. The first-order chi connectivity index (χ1) is 9.59. The van der Waals surface area contributed by atoms with E-state index in [0.29, 0.717) is 5.56 Å². The lowest BCUT2D eigenvalue weighted by Gasteiger charge is -2.37. The minimum absolute atomic E-state index is 0.0282. The van der Waals surface area contributed by atoms with Crippen LogP contribution in [0.3, 0.4) is 0 Å². The lowest BCUT2D eigenvalue weighted by atomic mass is 9.99. The van der Waals surface area contributed by atoms with Crippen LogP contribution in [0.25, 0.3) is 0 Å². The van der Waals surface area contributed by atoms with Gasteiger partial charge in [0.2, 0.25) is 11.8 Å². The Morgan fingerprint density at radius 1 is 1.29 bits per heavy atom. The Balaban J connectivity index is 2.22. The summed E-state index contributed by atoms with van der Waals surface area (Å²) in [5.74, 6) is -0.647. The predicted octanol–water partition coefficient (Wildman–Crippen LogP) is 1.94. The minimum Gasteiger partial charge on any atom is -0.341 e. The van der Waals surface area contributed by atoms with Gasteiger partial charge in [-0.1, -0.05) is 12.1 Å². The molecule has 0 saturated carbocycles. The quantitative estimate of drug-likeness (QED) is 0.907. The Hall–Kier alpha value is -2.05. The molecule has 1 N–H and O–H groups in total. The summed E-state index contributed by atoms with van der Waals surface area (Å²) in [6.07, 6.45) is -4.43. The number of amides is 2. The van der Waals surface area contributed by atoms with Crippen LogP contribution < -0.4 is 5.32 Å². The fourth-order valence-corrected chi connectivity index (χ4v) is 2.28. The van der Waals surface area contributed by atoms with E-state index < -0.39 is 17.3 Å². The number of nitrogens with one attached hydrogen (secondary N) is 1. The molecular formula is C14H15F3N2O2. The van der Waals surface area contributed by atoms with E-state index in [-0.39, 0.29) is 24.9 Å². The van der Waals surface area contributed by atoms with E-state index in [2.05, 4.69) is 5.32 Å². The SMILES string of the molecule is CC1(C)NC(=O)CN(Cc2cccc(C(F)(F)F)c2)C1=O. The average Bonchev–Trinajstić information content (AvgIpc) is 2.34. The van der Waals surface area contributed by atoms with Crippen LogP contribution in [0.1, 0.15) is 25.0 Å². The molecule has 1 heterocycles. The number of rotatable bonds is 2. The van der Waals surface area contributed by atoms with Crippen molar-refractivity contribution in [2.45, 2.75) is 32.1 Å². The maximum Gasteiger partial charge on any atom is 0.416 e. The van der Waals surface area contributed by atoms with Crippen molar-refractivity contribution in [2.75, 3.05) is 6.54 Å². The van der Waals surface area contributed by atoms with Crippen molar-refractivity contribution < 1.29 is 22.8 Å². The zero-order valence-electron chi connectivity index (χ0n) is 11.6. The highest BCUT2D eigenvalue weighted by atomic mass is 19.4. The summed E-state index contributed by atoms with van der Waals surface area (Å²) in [7, 11) is 0. The van der Waals surface area contributed by atoms with Gasteiger partial charge < -0.3 is 10.2 Å². The molecule has 0 unspecified atom stereocenters. The molecule has 1 aromatic carbocycles. The fraction of sp³-hybridized carbons (Fsp3) is 0.429. The van der Waals surface area contributed by atoms with Gasteiger partial charge >= 0.3 is 6.18 Å². The summed E-state index contributed by atoms with van der Waals surface area (Å²) >= 11 is 0. The van der Waals surface area contributed by atoms with Gasteiger partial charge in [0.15, 0.2) is 0 Å². The molecule has 4 nitrogen and oxygen atoms in total. The molecule has 2 rings (SSSR count). The summed E-state index contributed by atoms with van der Waals surface area (Å²) in [4.78, 5) is 25.0.